The molecule has 7 heteroatoms. The quantitative estimate of drug-likeness (QED) is 0.437. The van der Waals surface area contributed by atoms with E-state index in [-0.39, 0.29) is 29.8 Å². The molecule has 0 radical (unpaired) electrons. The van der Waals surface area contributed by atoms with Crippen molar-refractivity contribution in [2.75, 3.05) is 43.4 Å². The number of hydrogen-bond acceptors (Lipinski definition) is 3. The molecule has 0 spiro atoms. The van der Waals surface area contributed by atoms with Crippen LogP contribution in [-0.2, 0) is 0 Å². The van der Waals surface area contributed by atoms with E-state index in [1.807, 2.05) is 23.9 Å². The molecule has 0 aromatic heterocycles. The Kier molecular flexibility index (Phi) is 7.26. The number of halogens is 2. The SMILES string of the molecule is I.NC(=NCC1CCCS1)N1CCN(c2ccc(F)cc2)CC1. The Balaban J connectivity index is 0.00000192. The van der Waals surface area contributed by atoms with Crippen molar-refractivity contribution in [2.45, 2.75) is 18.1 Å². The Morgan fingerprint density at radius 2 is 1.91 bits per heavy atom. The molecule has 0 saturated carbocycles. The summed E-state index contributed by atoms with van der Waals surface area (Å²) in [5.41, 5.74) is 7.20. The topological polar surface area (TPSA) is 44.9 Å². The van der Waals surface area contributed by atoms with Gasteiger partial charge in [-0.1, -0.05) is 0 Å². The van der Waals surface area contributed by atoms with Crippen LogP contribution in [-0.4, -0.2) is 54.6 Å². The molecule has 1 aromatic carbocycles. The molecule has 0 bridgehead atoms. The molecule has 0 amide bonds. The fourth-order valence-corrected chi connectivity index (χ4v) is 4.11. The Morgan fingerprint density at radius 3 is 2.52 bits per heavy atom. The van der Waals surface area contributed by atoms with Crippen LogP contribution in [0.4, 0.5) is 10.1 Å². The van der Waals surface area contributed by atoms with Gasteiger partial charge in [-0.15, -0.1) is 24.0 Å². The minimum absolute atomic E-state index is 0. The third kappa shape index (κ3) is 5.14. The van der Waals surface area contributed by atoms with Crippen LogP contribution in [0.5, 0.6) is 0 Å². The minimum Gasteiger partial charge on any atom is -0.370 e. The van der Waals surface area contributed by atoms with Crippen molar-refractivity contribution >= 4 is 47.4 Å². The molecule has 1 unspecified atom stereocenters. The number of aliphatic imine (C=N–C) groups is 1. The highest BCUT2D eigenvalue weighted by molar-refractivity contribution is 14.0. The Hall–Kier alpha value is -0.700. The predicted molar refractivity (Wildman–Crippen MR) is 108 cm³/mol. The number of thioether (sulfide) groups is 1. The zero-order valence-corrected chi connectivity index (χ0v) is 16.3. The average molecular weight is 450 g/mol. The maximum atomic E-state index is 13.0. The number of hydrogen-bond donors (Lipinski definition) is 1. The van der Waals surface area contributed by atoms with Gasteiger partial charge in [-0.25, -0.2) is 4.39 Å². The van der Waals surface area contributed by atoms with Crippen LogP contribution >= 0.6 is 35.7 Å². The van der Waals surface area contributed by atoms with Gasteiger partial charge in [-0.05, 0) is 42.9 Å². The lowest BCUT2D eigenvalue weighted by Gasteiger charge is -2.36. The van der Waals surface area contributed by atoms with Gasteiger partial charge in [-0.2, -0.15) is 11.8 Å². The van der Waals surface area contributed by atoms with Crippen LogP contribution < -0.4 is 10.6 Å². The highest BCUT2D eigenvalue weighted by Gasteiger charge is 2.20. The van der Waals surface area contributed by atoms with Crippen molar-refractivity contribution in [1.82, 2.24) is 4.90 Å². The molecule has 2 aliphatic rings. The van der Waals surface area contributed by atoms with Crippen molar-refractivity contribution in [1.29, 1.82) is 0 Å². The number of rotatable bonds is 3. The van der Waals surface area contributed by atoms with Crippen molar-refractivity contribution < 1.29 is 4.39 Å². The second-order valence-electron chi connectivity index (χ2n) is 5.78. The predicted octanol–water partition coefficient (Wildman–Crippen LogP) is 2.78. The molecular formula is C16H24FIN4S. The highest BCUT2D eigenvalue weighted by Crippen LogP contribution is 2.26. The average Bonchev–Trinajstić information content (AvgIpc) is 3.07. The summed E-state index contributed by atoms with van der Waals surface area (Å²) in [5.74, 6) is 1.74. The molecule has 128 valence electrons. The molecule has 23 heavy (non-hydrogen) atoms. The summed E-state index contributed by atoms with van der Waals surface area (Å²) in [7, 11) is 0. The van der Waals surface area contributed by atoms with E-state index in [0.29, 0.717) is 11.2 Å². The third-order valence-corrected chi connectivity index (χ3v) is 5.66. The number of nitrogens with two attached hydrogens (primary N) is 1. The molecule has 2 heterocycles. The molecule has 3 rings (SSSR count). The van der Waals surface area contributed by atoms with Gasteiger partial charge in [0, 0.05) is 37.1 Å². The van der Waals surface area contributed by atoms with Gasteiger partial charge in [0.25, 0.3) is 0 Å². The molecule has 2 saturated heterocycles. The van der Waals surface area contributed by atoms with Crippen LogP contribution in [0.25, 0.3) is 0 Å². The number of guanidine groups is 1. The van der Waals surface area contributed by atoms with Crippen LogP contribution in [0, 0.1) is 5.82 Å². The van der Waals surface area contributed by atoms with E-state index in [1.54, 1.807) is 0 Å². The van der Waals surface area contributed by atoms with Gasteiger partial charge < -0.3 is 15.5 Å². The van der Waals surface area contributed by atoms with E-state index in [2.05, 4.69) is 14.8 Å². The molecule has 1 aromatic rings. The van der Waals surface area contributed by atoms with Gasteiger partial charge in [0.05, 0.1) is 6.54 Å². The van der Waals surface area contributed by atoms with Crippen molar-refractivity contribution in [2.24, 2.45) is 10.7 Å². The largest absolute Gasteiger partial charge is 0.370 e. The van der Waals surface area contributed by atoms with Gasteiger partial charge >= 0.3 is 0 Å². The number of anilines is 1. The lowest BCUT2D eigenvalue weighted by molar-refractivity contribution is 0.380. The Labute approximate surface area is 158 Å². The zero-order valence-electron chi connectivity index (χ0n) is 13.2. The first-order valence-electron chi connectivity index (χ1n) is 7.89. The van der Waals surface area contributed by atoms with E-state index in [1.165, 1.54) is 30.7 Å². The molecule has 2 N–H and O–H groups in total. The lowest BCUT2D eigenvalue weighted by Crippen LogP contribution is -2.51. The summed E-state index contributed by atoms with van der Waals surface area (Å²) in [6.45, 7) is 4.35. The summed E-state index contributed by atoms with van der Waals surface area (Å²) in [6.07, 6.45) is 2.57. The first-order chi connectivity index (χ1) is 10.7. The monoisotopic (exact) mass is 450 g/mol. The summed E-state index contributed by atoms with van der Waals surface area (Å²) in [4.78, 5) is 8.98. The standard InChI is InChI=1S/C16H23FN4S.HI/c17-13-3-5-14(6-4-13)20-7-9-21(10-8-20)16(18)19-12-15-2-1-11-22-15;/h3-6,15H,1-2,7-12H2,(H2,18,19);1H. The summed E-state index contributed by atoms with van der Waals surface area (Å²) in [6, 6.07) is 6.69. The van der Waals surface area contributed by atoms with E-state index >= 15 is 0 Å². The summed E-state index contributed by atoms with van der Waals surface area (Å²) < 4.78 is 13.0. The van der Waals surface area contributed by atoms with Gasteiger partial charge in [0.2, 0.25) is 0 Å². The zero-order chi connectivity index (χ0) is 15.4. The van der Waals surface area contributed by atoms with Crippen molar-refractivity contribution in [3.63, 3.8) is 0 Å². The van der Waals surface area contributed by atoms with Gasteiger partial charge in [0.1, 0.15) is 5.82 Å². The van der Waals surface area contributed by atoms with Crippen molar-refractivity contribution in [3.05, 3.63) is 30.1 Å². The van der Waals surface area contributed by atoms with Crippen LogP contribution in [0.15, 0.2) is 29.3 Å². The third-order valence-electron chi connectivity index (χ3n) is 4.28. The fourth-order valence-electron chi connectivity index (χ4n) is 2.93. The maximum Gasteiger partial charge on any atom is 0.191 e. The van der Waals surface area contributed by atoms with Crippen LogP contribution in [0.3, 0.4) is 0 Å². The number of nitrogens with zero attached hydrogens (tertiary/aromatic N) is 3. The second kappa shape index (κ2) is 8.96. The fraction of sp³-hybridized carbons (Fsp3) is 0.562. The second-order valence-corrected chi connectivity index (χ2v) is 7.19. The molecule has 0 aliphatic carbocycles. The first kappa shape index (κ1) is 18.6. The van der Waals surface area contributed by atoms with Gasteiger partial charge in [-0.3, -0.25) is 4.99 Å². The summed E-state index contributed by atoms with van der Waals surface area (Å²) in [5, 5.41) is 0.652. The minimum atomic E-state index is -0.191. The lowest BCUT2D eigenvalue weighted by atomic mass is 10.2. The van der Waals surface area contributed by atoms with Gasteiger partial charge in [0.15, 0.2) is 5.96 Å². The normalized spacial score (nSPS) is 22.1. The molecular weight excluding hydrogens is 426 g/mol. The maximum absolute atomic E-state index is 13.0. The number of piperazine rings is 1. The Morgan fingerprint density at radius 1 is 1.22 bits per heavy atom. The smallest absolute Gasteiger partial charge is 0.191 e. The van der Waals surface area contributed by atoms with Crippen molar-refractivity contribution in [3.8, 4) is 0 Å². The van der Waals surface area contributed by atoms with E-state index < -0.39 is 0 Å². The van der Waals surface area contributed by atoms with E-state index in [0.717, 1.165) is 38.4 Å². The summed E-state index contributed by atoms with van der Waals surface area (Å²) >= 11 is 2.01. The molecule has 4 nitrogen and oxygen atoms in total. The first-order valence-corrected chi connectivity index (χ1v) is 8.94. The van der Waals surface area contributed by atoms with Crippen LogP contribution in [0.2, 0.25) is 0 Å². The molecule has 1 atom stereocenters. The number of benzene rings is 1. The highest BCUT2D eigenvalue weighted by atomic mass is 127. The van der Waals surface area contributed by atoms with Crippen LogP contribution in [0.1, 0.15) is 12.8 Å². The van der Waals surface area contributed by atoms with E-state index in [4.69, 9.17) is 5.73 Å². The molecule has 2 fully saturated rings. The Bertz CT molecular complexity index is 511. The van der Waals surface area contributed by atoms with E-state index in [9.17, 15) is 4.39 Å². The molecule has 2 aliphatic heterocycles.